The van der Waals surface area contributed by atoms with Crippen LogP contribution < -0.4 is 0 Å². The number of carbonyl (C=O) groups excluding carboxylic acids is 1. The zero-order valence-electron chi connectivity index (χ0n) is 15.9. The van der Waals surface area contributed by atoms with Gasteiger partial charge in [0.2, 0.25) is 0 Å². The van der Waals surface area contributed by atoms with Crippen molar-refractivity contribution in [1.29, 1.82) is 0 Å². The predicted molar refractivity (Wildman–Crippen MR) is 104 cm³/mol. The van der Waals surface area contributed by atoms with E-state index >= 15 is 0 Å². The van der Waals surface area contributed by atoms with Gasteiger partial charge in [0.25, 0.3) is 0 Å². The quantitative estimate of drug-likeness (QED) is 0.694. The Morgan fingerprint density at radius 3 is 2.31 bits per heavy atom. The van der Waals surface area contributed by atoms with Gasteiger partial charge in [-0.15, -0.1) is 5.10 Å². The highest BCUT2D eigenvalue weighted by atomic mass is 16.1. The summed E-state index contributed by atoms with van der Waals surface area (Å²) in [6.07, 6.45) is 2.88. The van der Waals surface area contributed by atoms with Crippen LogP contribution in [0.3, 0.4) is 0 Å². The summed E-state index contributed by atoms with van der Waals surface area (Å²) in [5.74, 6) is 0.225. The standard InChI is InChI=1S/C22H25N3O/c1-16-7-5-6-8-18(16)14-20(26)13-17-9-11-19(12-10-17)25-15-21(23-24-25)22(2,3)4/h5-12,15H,13-14H2,1-4H3. The first-order valence-electron chi connectivity index (χ1n) is 8.91. The molecule has 0 bridgehead atoms. The van der Waals surface area contributed by atoms with Gasteiger partial charge in [0.15, 0.2) is 0 Å². The van der Waals surface area contributed by atoms with Gasteiger partial charge < -0.3 is 0 Å². The number of hydrogen-bond acceptors (Lipinski definition) is 3. The van der Waals surface area contributed by atoms with E-state index < -0.39 is 0 Å². The normalized spacial score (nSPS) is 11.5. The van der Waals surface area contributed by atoms with Crippen LogP contribution in [0, 0.1) is 6.92 Å². The highest BCUT2D eigenvalue weighted by Crippen LogP contribution is 2.20. The van der Waals surface area contributed by atoms with E-state index in [1.54, 1.807) is 4.68 Å². The van der Waals surface area contributed by atoms with Crippen LogP contribution in [0.4, 0.5) is 0 Å². The fourth-order valence-electron chi connectivity index (χ4n) is 2.81. The molecule has 0 N–H and O–H groups in total. The fourth-order valence-corrected chi connectivity index (χ4v) is 2.81. The van der Waals surface area contributed by atoms with Crippen LogP contribution in [0.15, 0.2) is 54.7 Å². The van der Waals surface area contributed by atoms with Crippen LogP contribution in [0.2, 0.25) is 0 Å². The highest BCUT2D eigenvalue weighted by Gasteiger charge is 2.18. The number of Topliss-reactive ketones (excluding diaryl/α,β-unsaturated/α-hetero) is 1. The van der Waals surface area contributed by atoms with E-state index in [0.29, 0.717) is 12.8 Å². The van der Waals surface area contributed by atoms with Gasteiger partial charge in [0, 0.05) is 18.3 Å². The Bertz CT molecular complexity index is 902. The number of ketones is 1. The summed E-state index contributed by atoms with van der Waals surface area (Å²) in [5, 5.41) is 8.46. The molecule has 0 amide bonds. The van der Waals surface area contributed by atoms with Crippen LogP contribution in [0.1, 0.15) is 43.2 Å². The number of hydrogen-bond donors (Lipinski definition) is 0. The summed E-state index contributed by atoms with van der Waals surface area (Å²) in [7, 11) is 0. The lowest BCUT2D eigenvalue weighted by Gasteiger charge is -2.12. The number of carbonyl (C=O) groups is 1. The molecule has 4 heteroatoms. The Morgan fingerprint density at radius 1 is 1.00 bits per heavy atom. The molecular formula is C22H25N3O. The molecule has 3 aromatic rings. The van der Waals surface area contributed by atoms with Crippen molar-refractivity contribution >= 4 is 5.78 Å². The Kier molecular flexibility index (Phi) is 5.03. The SMILES string of the molecule is Cc1ccccc1CC(=O)Cc1ccc(-n2cc(C(C)(C)C)nn2)cc1. The van der Waals surface area contributed by atoms with Gasteiger partial charge in [-0.25, -0.2) is 4.68 Å². The molecule has 0 saturated carbocycles. The molecule has 0 radical (unpaired) electrons. The molecule has 0 spiro atoms. The van der Waals surface area contributed by atoms with Crippen LogP contribution >= 0.6 is 0 Å². The fraction of sp³-hybridized carbons (Fsp3) is 0.318. The summed E-state index contributed by atoms with van der Waals surface area (Å²) in [5.41, 5.74) is 5.16. The topological polar surface area (TPSA) is 47.8 Å². The zero-order chi connectivity index (χ0) is 18.7. The summed E-state index contributed by atoms with van der Waals surface area (Å²) in [6.45, 7) is 8.39. The Labute approximate surface area is 154 Å². The van der Waals surface area contributed by atoms with Gasteiger partial charge in [-0.2, -0.15) is 0 Å². The van der Waals surface area contributed by atoms with Crippen molar-refractivity contribution in [3.63, 3.8) is 0 Å². The third kappa shape index (κ3) is 4.26. The first-order chi connectivity index (χ1) is 12.3. The van der Waals surface area contributed by atoms with Crippen LogP contribution in [0.25, 0.3) is 5.69 Å². The monoisotopic (exact) mass is 347 g/mol. The molecule has 1 heterocycles. The van der Waals surface area contributed by atoms with Crippen molar-refractivity contribution in [1.82, 2.24) is 15.0 Å². The second-order valence-corrected chi connectivity index (χ2v) is 7.78. The number of nitrogens with zero attached hydrogens (tertiary/aromatic N) is 3. The minimum atomic E-state index is -0.0276. The van der Waals surface area contributed by atoms with Crippen LogP contribution in [0.5, 0.6) is 0 Å². The van der Waals surface area contributed by atoms with Crippen molar-refractivity contribution < 1.29 is 4.79 Å². The van der Waals surface area contributed by atoms with E-state index in [9.17, 15) is 4.79 Å². The van der Waals surface area contributed by atoms with E-state index in [4.69, 9.17) is 0 Å². The second-order valence-electron chi connectivity index (χ2n) is 7.78. The van der Waals surface area contributed by atoms with E-state index in [0.717, 1.165) is 28.1 Å². The third-order valence-electron chi connectivity index (χ3n) is 4.51. The van der Waals surface area contributed by atoms with Crippen molar-refractivity contribution in [2.45, 2.75) is 46.0 Å². The molecule has 26 heavy (non-hydrogen) atoms. The van der Waals surface area contributed by atoms with Crippen molar-refractivity contribution in [2.24, 2.45) is 0 Å². The number of aryl methyl sites for hydroxylation is 1. The van der Waals surface area contributed by atoms with E-state index in [1.807, 2.05) is 61.7 Å². The zero-order valence-corrected chi connectivity index (χ0v) is 15.9. The molecule has 3 rings (SSSR count). The summed E-state index contributed by atoms with van der Waals surface area (Å²) >= 11 is 0. The maximum atomic E-state index is 12.4. The Hall–Kier alpha value is -2.75. The van der Waals surface area contributed by atoms with Gasteiger partial charge in [-0.3, -0.25) is 4.79 Å². The average molecular weight is 347 g/mol. The number of benzene rings is 2. The van der Waals surface area contributed by atoms with Gasteiger partial charge in [-0.05, 0) is 35.7 Å². The van der Waals surface area contributed by atoms with Gasteiger partial charge in [0.05, 0.1) is 17.6 Å². The molecule has 0 aliphatic carbocycles. The Balaban J connectivity index is 1.67. The molecule has 0 fully saturated rings. The molecule has 134 valence electrons. The van der Waals surface area contributed by atoms with Gasteiger partial charge in [-0.1, -0.05) is 62.4 Å². The van der Waals surface area contributed by atoms with Crippen LogP contribution in [-0.4, -0.2) is 20.8 Å². The van der Waals surface area contributed by atoms with Crippen molar-refractivity contribution in [3.8, 4) is 5.69 Å². The minimum Gasteiger partial charge on any atom is -0.299 e. The van der Waals surface area contributed by atoms with Crippen molar-refractivity contribution in [3.05, 3.63) is 77.1 Å². The van der Waals surface area contributed by atoms with E-state index in [-0.39, 0.29) is 11.2 Å². The smallest absolute Gasteiger partial charge is 0.141 e. The molecule has 0 saturated heterocycles. The lowest BCUT2D eigenvalue weighted by Crippen LogP contribution is -2.11. The molecular weight excluding hydrogens is 322 g/mol. The highest BCUT2D eigenvalue weighted by molar-refractivity contribution is 5.83. The lowest BCUT2D eigenvalue weighted by atomic mass is 9.93. The molecule has 0 atom stereocenters. The predicted octanol–water partition coefficient (Wildman–Crippen LogP) is 4.23. The first kappa shape index (κ1) is 18.1. The largest absolute Gasteiger partial charge is 0.299 e. The average Bonchev–Trinajstić information content (AvgIpc) is 3.08. The maximum absolute atomic E-state index is 12.4. The van der Waals surface area contributed by atoms with Gasteiger partial charge in [0.1, 0.15) is 5.78 Å². The van der Waals surface area contributed by atoms with Crippen LogP contribution in [-0.2, 0) is 23.1 Å². The first-order valence-corrected chi connectivity index (χ1v) is 8.91. The third-order valence-corrected chi connectivity index (χ3v) is 4.51. The summed E-state index contributed by atoms with van der Waals surface area (Å²) < 4.78 is 1.78. The van der Waals surface area contributed by atoms with Gasteiger partial charge >= 0.3 is 0 Å². The van der Waals surface area contributed by atoms with E-state index in [1.165, 1.54) is 0 Å². The summed E-state index contributed by atoms with van der Waals surface area (Å²) in [6, 6.07) is 16.0. The molecule has 1 aromatic heterocycles. The number of aromatic nitrogens is 3. The molecule has 0 unspecified atom stereocenters. The lowest BCUT2D eigenvalue weighted by molar-refractivity contribution is -0.117. The maximum Gasteiger partial charge on any atom is 0.141 e. The summed E-state index contributed by atoms with van der Waals surface area (Å²) in [4.78, 5) is 12.4. The van der Waals surface area contributed by atoms with E-state index in [2.05, 4.69) is 31.1 Å². The Morgan fingerprint density at radius 2 is 1.69 bits per heavy atom. The van der Waals surface area contributed by atoms with Crippen molar-refractivity contribution in [2.75, 3.05) is 0 Å². The molecule has 0 aliphatic heterocycles. The second kappa shape index (κ2) is 7.24. The molecule has 0 aliphatic rings. The molecule has 4 nitrogen and oxygen atoms in total. The number of rotatable bonds is 5. The minimum absolute atomic E-state index is 0.0276. The molecule has 2 aromatic carbocycles.